The Morgan fingerprint density at radius 2 is 1.74 bits per heavy atom. The molecule has 4 heteroatoms. The van der Waals surface area contributed by atoms with Gasteiger partial charge in [-0.1, -0.05) is 48.4 Å². The van der Waals surface area contributed by atoms with E-state index in [9.17, 15) is 0 Å². The predicted octanol–water partition coefficient (Wildman–Crippen LogP) is 4.41. The molecule has 0 bridgehead atoms. The Morgan fingerprint density at radius 3 is 2.57 bits per heavy atom. The Labute approximate surface area is 142 Å². The Morgan fingerprint density at radius 1 is 0.957 bits per heavy atom. The number of aromatic nitrogens is 2. The van der Waals surface area contributed by atoms with Crippen molar-refractivity contribution in [1.29, 1.82) is 0 Å². The first-order valence-corrected chi connectivity index (χ1v) is 8.55. The van der Waals surface area contributed by atoms with Crippen molar-refractivity contribution in [3.05, 3.63) is 64.9 Å². The highest BCUT2D eigenvalue weighted by Gasteiger charge is 2.11. The third-order valence-electron chi connectivity index (χ3n) is 4.12. The summed E-state index contributed by atoms with van der Waals surface area (Å²) in [4.78, 5) is 4.82. The molecule has 0 aliphatic heterocycles. The largest absolute Gasteiger partial charge is 0.330 e. The Hall–Kier alpha value is -1.84. The van der Waals surface area contributed by atoms with Crippen LogP contribution < -0.4 is 5.73 Å². The summed E-state index contributed by atoms with van der Waals surface area (Å²) in [7, 11) is 0. The van der Waals surface area contributed by atoms with E-state index in [1.54, 1.807) is 0 Å². The third-order valence-corrected chi connectivity index (χ3v) is 4.49. The number of imidazole rings is 1. The number of nitrogens with zero attached hydrogens (tertiary/aromatic N) is 2. The van der Waals surface area contributed by atoms with Crippen LogP contribution in [0.4, 0.5) is 0 Å². The molecule has 23 heavy (non-hydrogen) atoms. The molecule has 2 N–H and O–H groups in total. The number of benzene rings is 2. The van der Waals surface area contributed by atoms with Gasteiger partial charge in [0.2, 0.25) is 0 Å². The second kappa shape index (κ2) is 7.62. The fourth-order valence-corrected chi connectivity index (χ4v) is 3.09. The summed E-state index contributed by atoms with van der Waals surface area (Å²) in [6.45, 7) is 1.52. The molecule has 2 aromatic carbocycles. The van der Waals surface area contributed by atoms with Crippen molar-refractivity contribution in [2.45, 2.75) is 32.2 Å². The molecule has 0 fully saturated rings. The zero-order valence-corrected chi connectivity index (χ0v) is 14.0. The Bertz CT molecular complexity index is 779. The average Bonchev–Trinajstić information content (AvgIpc) is 2.92. The first-order valence-electron chi connectivity index (χ1n) is 8.17. The normalized spacial score (nSPS) is 11.2. The van der Waals surface area contributed by atoms with Crippen molar-refractivity contribution in [3.63, 3.8) is 0 Å². The molecule has 3 rings (SSSR count). The number of nitrogens with two attached hydrogens (primary N) is 1. The summed E-state index contributed by atoms with van der Waals surface area (Å²) in [6.07, 6.45) is 4.30. The van der Waals surface area contributed by atoms with Gasteiger partial charge in [-0.05, 0) is 43.1 Å². The highest BCUT2D eigenvalue weighted by Crippen LogP contribution is 2.22. The predicted molar refractivity (Wildman–Crippen MR) is 96.9 cm³/mol. The van der Waals surface area contributed by atoms with Gasteiger partial charge >= 0.3 is 0 Å². The van der Waals surface area contributed by atoms with E-state index in [0.29, 0.717) is 0 Å². The zero-order chi connectivity index (χ0) is 16.1. The molecule has 120 valence electrons. The molecule has 0 atom stereocenters. The maximum Gasteiger partial charge on any atom is 0.110 e. The van der Waals surface area contributed by atoms with Crippen LogP contribution in [0, 0.1) is 0 Å². The quantitative estimate of drug-likeness (QED) is 0.653. The van der Waals surface area contributed by atoms with Crippen LogP contribution in [0.15, 0.2) is 48.5 Å². The number of para-hydroxylation sites is 2. The minimum absolute atomic E-state index is 0.756. The Kier molecular flexibility index (Phi) is 5.31. The van der Waals surface area contributed by atoms with Gasteiger partial charge in [0.15, 0.2) is 0 Å². The van der Waals surface area contributed by atoms with Gasteiger partial charge in [0.25, 0.3) is 0 Å². The van der Waals surface area contributed by atoms with Gasteiger partial charge in [0.1, 0.15) is 5.82 Å². The lowest BCUT2D eigenvalue weighted by Gasteiger charge is -2.11. The summed E-state index contributed by atoms with van der Waals surface area (Å²) >= 11 is 6.34. The van der Waals surface area contributed by atoms with Gasteiger partial charge in [0, 0.05) is 11.4 Å². The van der Waals surface area contributed by atoms with Crippen LogP contribution in [-0.4, -0.2) is 16.1 Å². The second-order valence-electron chi connectivity index (χ2n) is 5.79. The van der Waals surface area contributed by atoms with Crippen molar-refractivity contribution < 1.29 is 0 Å². The fraction of sp³-hybridized carbons (Fsp3) is 0.316. The SMILES string of the molecule is NCCCCCc1nc2ccccc2n1Cc1ccccc1Cl. The second-order valence-corrected chi connectivity index (χ2v) is 6.20. The minimum Gasteiger partial charge on any atom is -0.330 e. The van der Waals surface area contributed by atoms with E-state index in [0.717, 1.165) is 60.7 Å². The van der Waals surface area contributed by atoms with Gasteiger partial charge in [-0.15, -0.1) is 0 Å². The highest BCUT2D eigenvalue weighted by molar-refractivity contribution is 6.31. The summed E-state index contributed by atoms with van der Waals surface area (Å²) in [5.74, 6) is 1.13. The van der Waals surface area contributed by atoms with Crippen molar-refractivity contribution in [3.8, 4) is 0 Å². The topological polar surface area (TPSA) is 43.8 Å². The maximum absolute atomic E-state index is 6.34. The molecule has 1 aromatic heterocycles. The lowest BCUT2D eigenvalue weighted by molar-refractivity contribution is 0.644. The number of rotatable bonds is 7. The first kappa shape index (κ1) is 16.0. The molecule has 0 saturated carbocycles. The summed E-state index contributed by atoms with van der Waals surface area (Å²) in [6, 6.07) is 16.3. The molecule has 0 radical (unpaired) electrons. The first-order chi connectivity index (χ1) is 11.3. The van der Waals surface area contributed by atoms with Crippen LogP contribution in [-0.2, 0) is 13.0 Å². The average molecular weight is 328 g/mol. The number of aryl methyl sites for hydroxylation is 1. The molecule has 3 nitrogen and oxygen atoms in total. The molecule has 0 saturated heterocycles. The number of unbranched alkanes of at least 4 members (excludes halogenated alkanes) is 2. The number of halogens is 1. The molecule has 0 amide bonds. The van der Waals surface area contributed by atoms with E-state index in [1.165, 1.54) is 5.52 Å². The smallest absolute Gasteiger partial charge is 0.110 e. The van der Waals surface area contributed by atoms with Crippen LogP contribution in [0.5, 0.6) is 0 Å². The molecular weight excluding hydrogens is 306 g/mol. The van der Waals surface area contributed by atoms with E-state index in [1.807, 2.05) is 24.3 Å². The van der Waals surface area contributed by atoms with E-state index < -0.39 is 0 Å². The van der Waals surface area contributed by atoms with Crippen molar-refractivity contribution >= 4 is 22.6 Å². The van der Waals surface area contributed by atoms with Gasteiger partial charge < -0.3 is 10.3 Å². The molecule has 0 aliphatic rings. The van der Waals surface area contributed by atoms with Crippen molar-refractivity contribution in [2.75, 3.05) is 6.54 Å². The van der Waals surface area contributed by atoms with Crippen molar-refractivity contribution in [2.24, 2.45) is 5.73 Å². The fourth-order valence-electron chi connectivity index (χ4n) is 2.89. The summed E-state index contributed by atoms with van der Waals surface area (Å²) in [5.41, 5.74) is 8.93. The van der Waals surface area contributed by atoms with Gasteiger partial charge in [-0.3, -0.25) is 0 Å². The lowest BCUT2D eigenvalue weighted by Crippen LogP contribution is -2.06. The number of hydrogen-bond donors (Lipinski definition) is 1. The van der Waals surface area contributed by atoms with Gasteiger partial charge in [-0.2, -0.15) is 0 Å². The Balaban J connectivity index is 1.91. The standard InChI is InChI=1S/C19H22ClN3/c20-16-9-4-3-8-15(16)14-23-18-11-6-5-10-17(18)22-19(23)12-2-1-7-13-21/h3-6,8-11H,1-2,7,12-14,21H2. The molecule has 3 aromatic rings. The minimum atomic E-state index is 0.756. The third kappa shape index (κ3) is 3.74. The monoisotopic (exact) mass is 327 g/mol. The summed E-state index contributed by atoms with van der Waals surface area (Å²) in [5, 5.41) is 0.805. The molecule has 0 spiro atoms. The molecular formula is C19H22ClN3. The molecule has 0 aliphatic carbocycles. The van der Waals surface area contributed by atoms with Crippen LogP contribution in [0.3, 0.4) is 0 Å². The van der Waals surface area contributed by atoms with E-state index in [2.05, 4.69) is 28.8 Å². The highest BCUT2D eigenvalue weighted by atomic mass is 35.5. The van der Waals surface area contributed by atoms with Crippen LogP contribution >= 0.6 is 11.6 Å². The van der Waals surface area contributed by atoms with E-state index in [4.69, 9.17) is 22.3 Å². The molecule has 0 unspecified atom stereocenters. The van der Waals surface area contributed by atoms with Gasteiger partial charge in [0.05, 0.1) is 17.6 Å². The van der Waals surface area contributed by atoms with Gasteiger partial charge in [-0.25, -0.2) is 4.98 Å². The van der Waals surface area contributed by atoms with E-state index in [-0.39, 0.29) is 0 Å². The lowest BCUT2D eigenvalue weighted by atomic mass is 10.1. The maximum atomic E-state index is 6.34. The number of hydrogen-bond acceptors (Lipinski definition) is 2. The van der Waals surface area contributed by atoms with E-state index >= 15 is 0 Å². The molecule has 1 heterocycles. The van der Waals surface area contributed by atoms with Crippen LogP contribution in [0.2, 0.25) is 5.02 Å². The summed E-state index contributed by atoms with van der Waals surface area (Å²) < 4.78 is 2.29. The van der Waals surface area contributed by atoms with Crippen LogP contribution in [0.25, 0.3) is 11.0 Å². The zero-order valence-electron chi connectivity index (χ0n) is 13.2. The number of fused-ring (bicyclic) bond motifs is 1. The van der Waals surface area contributed by atoms with Crippen molar-refractivity contribution in [1.82, 2.24) is 9.55 Å². The van der Waals surface area contributed by atoms with Crippen LogP contribution in [0.1, 0.15) is 30.7 Å².